The minimum Gasteiger partial charge on any atom is -0.493 e. The number of carbonyl (C=O) groups excluding carboxylic acids is 2. The fraction of sp³-hybridized carbons (Fsp3) is 0.429. The standard InChI is InChI=1S/C14H18N2O5/c1-19-10-4-2-3-5-11(10)21-7-13(18)16-14(6-12(15)17)8-20-9-14/h2-5H,6-9H2,1H3,(H2,15,17)(H,16,18). The number of carbonyl (C=O) groups is 2. The Labute approximate surface area is 122 Å². The number of hydrogen-bond donors (Lipinski definition) is 2. The minimum absolute atomic E-state index is 0.0490. The maximum atomic E-state index is 11.9. The van der Waals surface area contributed by atoms with Crippen molar-refractivity contribution in [2.24, 2.45) is 5.73 Å². The molecule has 21 heavy (non-hydrogen) atoms. The van der Waals surface area contributed by atoms with Gasteiger partial charge < -0.3 is 25.3 Å². The van der Waals surface area contributed by atoms with E-state index >= 15 is 0 Å². The Balaban J connectivity index is 1.88. The summed E-state index contributed by atoms with van der Waals surface area (Å²) in [4.78, 5) is 22.9. The molecule has 2 amide bonds. The highest BCUT2D eigenvalue weighted by molar-refractivity contribution is 5.81. The molecule has 1 fully saturated rings. The van der Waals surface area contributed by atoms with Gasteiger partial charge in [-0.25, -0.2) is 0 Å². The van der Waals surface area contributed by atoms with E-state index in [9.17, 15) is 9.59 Å². The molecule has 1 aliphatic rings. The van der Waals surface area contributed by atoms with Crippen LogP contribution in [0.3, 0.4) is 0 Å². The Morgan fingerprint density at radius 1 is 1.33 bits per heavy atom. The molecule has 1 saturated heterocycles. The molecule has 0 atom stereocenters. The lowest BCUT2D eigenvalue weighted by Crippen LogP contribution is -2.64. The number of nitrogens with two attached hydrogens (primary N) is 1. The molecular formula is C14H18N2O5. The van der Waals surface area contributed by atoms with Crippen LogP contribution in [0.4, 0.5) is 0 Å². The molecule has 1 aromatic carbocycles. The van der Waals surface area contributed by atoms with Crippen molar-refractivity contribution in [3.8, 4) is 11.5 Å². The Morgan fingerprint density at radius 2 is 2.00 bits per heavy atom. The van der Waals surface area contributed by atoms with Crippen molar-refractivity contribution in [1.29, 1.82) is 0 Å². The smallest absolute Gasteiger partial charge is 0.258 e. The first-order valence-electron chi connectivity index (χ1n) is 6.47. The highest BCUT2D eigenvalue weighted by Gasteiger charge is 2.41. The van der Waals surface area contributed by atoms with Crippen LogP contribution in [0.5, 0.6) is 11.5 Å². The Morgan fingerprint density at radius 3 is 2.52 bits per heavy atom. The maximum Gasteiger partial charge on any atom is 0.258 e. The van der Waals surface area contributed by atoms with Gasteiger partial charge in [-0.1, -0.05) is 12.1 Å². The van der Waals surface area contributed by atoms with Gasteiger partial charge in [-0.05, 0) is 12.1 Å². The first-order valence-corrected chi connectivity index (χ1v) is 6.47. The van der Waals surface area contributed by atoms with Crippen molar-refractivity contribution >= 4 is 11.8 Å². The predicted octanol–water partition coefficient (Wildman–Crippen LogP) is -0.165. The molecule has 2 rings (SSSR count). The van der Waals surface area contributed by atoms with Gasteiger partial charge in [-0.15, -0.1) is 0 Å². The number of primary amides is 1. The van der Waals surface area contributed by atoms with Crippen molar-refractivity contribution in [2.75, 3.05) is 26.9 Å². The van der Waals surface area contributed by atoms with Gasteiger partial charge >= 0.3 is 0 Å². The summed E-state index contributed by atoms with van der Waals surface area (Å²) in [6.07, 6.45) is 0.0490. The molecule has 0 aromatic heterocycles. The van der Waals surface area contributed by atoms with Gasteiger partial charge in [0.05, 0.1) is 32.3 Å². The van der Waals surface area contributed by atoms with Gasteiger partial charge in [-0.3, -0.25) is 9.59 Å². The van der Waals surface area contributed by atoms with E-state index < -0.39 is 11.4 Å². The van der Waals surface area contributed by atoms with Gasteiger partial charge in [0.25, 0.3) is 5.91 Å². The summed E-state index contributed by atoms with van der Waals surface area (Å²) >= 11 is 0. The second-order valence-electron chi connectivity index (χ2n) is 4.90. The highest BCUT2D eigenvalue weighted by Crippen LogP contribution is 2.26. The Hall–Kier alpha value is -2.28. The predicted molar refractivity (Wildman–Crippen MR) is 74.0 cm³/mol. The van der Waals surface area contributed by atoms with Crippen molar-refractivity contribution in [2.45, 2.75) is 12.0 Å². The third-order valence-electron chi connectivity index (χ3n) is 3.10. The van der Waals surface area contributed by atoms with Gasteiger partial charge in [-0.2, -0.15) is 0 Å². The molecule has 0 aliphatic carbocycles. The van der Waals surface area contributed by atoms with Gasteiger partial charge in [0.15, 0.2) is 18.1 Å². The van der Waals surface area contributed by atoms with Gasteiger partial charge in [0, 0.05) is 0 Å². The van der Waals surface area contributed by atoms with E-state index in [-0.39, 0.29) is 32.1 Å². The molecule has 1 heterocycles. The summed E-state index contributed by atoms with van der Waals surface area (Å²) in [7, 11) is 1.52. The summed E-state index contributed by atoms with van der Waals surface area (Å²) < 4.78 is 15.6. The SMILES string of the molecule is COc1ccccc1OCC(=O)NC1(CC(N)=O)COC1. The molecule has 7 heteroatoms. The van der Waals surface area contributed by atoms with Crippen molar-refractivity contribution in [3.05, 3.63) is 24.3 Å². The second-order valence-corrected chi connectivity index (χ2v) is 4.90. The second kappa shape index (κ2) is 6.45. The molecule has 0 unspecified atom stereocenters. The molecule has 1 aromatic rings. The number of rotatable bonds is 7. The highest BCUT2D eigenvalue weighted by atomic mass is 16.5. The van der Waals surface area contributed by atoms with E-state index in [0.717, 1.165) is 0 Å². The lowest BCUT2D eigenvalue weighted by atomic mass is 9.92. The molecule has 0 spiro atoms. The van der Waals surface area contributed by atoms with Crippen LogP contribution < -0.4 is 20.5 Å². The zero-order valence-electron chi connectivity index (χ0n) is 11.8. The Bertz CT molecular complexity index is 528. The summed E-state index contributed by atoms with van der Waals surface area (Å²) in [6, 6.07) is 7.03. The van der Waals surface area contributed by atoms with Crippen LogP contribution in [0.1, 0.15) is 6.42 Å². The first-order chi connectivity index (χ1) is 10.0. The number of benzene rings is 1. The van der Waals surface area contributed by atoms with Gasteiger partial charge in [0.1, 0.15) is 0 Å². The summed E-state index contributed by atoms with van der Waals surface area (Å²) in [5.41, 5.74) is 4.47. The summed E-state index contributed by atoms with van der Waals surface area (Å²) in [5, 5.41) is 2.74. The number of amides is 2. The third kappa shape index (κ3) is 3.85. The first kappa shape index (κ1) is 15.1. The molecule has 0 bridgehead atoms. The quantitative estimate of drug-likeness (QED) is 0.727. The molecular weight excluding hydrogens is 276 g/mol. The number of para-hydroxylation sites is 2. The van der Waals surface area contributed by atoms with E-state index in [1.807, 2.05) is 0 Å². The van der Waals surface area contributed by atoms with Crippen LogP contribution in [0.2, 0.25) is 0 Å². The lowest BCUT2D eigenvalue weighted by Gasteiger charge is -2.41. The molecule has 3 N–H and O–H groups in total. The van der Waals surface area contributed by atoms with E-state index in [0.29, 0.717) is 11.5 Å². The molecule has 1 aliphatic heterocycles. The van der Waals surface area contributed by atoms with E-state index in [4.69, 9.17) is 19.9 Å². The van der Waals surface area contributed by atoms with Crippen LogP contribution in [-0.2, 0) is 14.3 Å². The molecule has 0 radical (unpaired) electrons. The van der Waals surface area contributed by atoms with E-state index in [1.54, 1.807) is 24.3 Å². The lowest BCUT2D eigenvalue weighted by molar-refractivity contribution is -0.139. The van der Waals surface area contributed by atoms with E-state index in [2.05, 4.69) is 5.32 Å². The van der Waals surface area contributed by atoms with Crippen LogP contribution >= 0.6 is 0 Å². The van der Waals surface area contributed by atoms with Crippen molar-refractivity contribution in [1.82, 2.24) is 5.32 Å². The maximum absolute atomic E-state index is 11.9. The zero-order valence-corrected chi connectivity index (χ0v) is 11.8. The fourth-order valence-corrected chi connectivity index (χ4v) is 2.11. The summed E-state index contributed by atoms with van der Waals surface area (Å²) in [6.45, 7) is 0.369. The van der Waals surface area contributed by atoms with Crippen LogP contribution in [0.15, 0.2) is 24.3 Å². The number of nitrogens with one attached hydrogen (secondary N) is 1. The fourth-order valence-electron chi connectivity index (χ4n) is 2.11. The van der Waals surface area contributed by atoms with Crippen LogP contribution in [0.25, 0.3) is 0 Å². The van der Waals surface area contributed by atoms with Gasteiger partial charge in [0.2, 0.25) is 5.91 Å². The van der Waals surface area contributed by atoms with Crippen molar-refractivity contribution in [3.63, 3.8) is 0 Å². The average molecular weight is 294 g/mol. The van der Waals surface area contributed by atoms with Crippen LogP contribution in [0, 0.1) is 0 Å². The number of ether oxygens (including phenoxy) is 3. The Kier molecular flexibility index (Phi) is 4.64. The normalized spacial score (nSPS) is 15.7. The van der Waals surface area contributed by atoms with Crippen molar-refractivity contribution < 1.29 is 23.8 Å². The number of hydrogen-bond acceptors (Lipinski definition) is 5. The largest absolute Gasteiger partial charge is 0.493 e. The number of methoxy groups -OCH3 is 1. The molecule has 0 saturated carbocycles. The average Bonchev–Trinajstić information content (AvgIpc) is 2.42. The monoisotopic (exact) mass is 294 g/mol. The molecule has 114 valence electrons. The molecule has 7 nitrogen and oxygen atoms in total. The third-order valence-corrected chi connectivity index (χ3v) is 3.10. The van der Waals surface area contributed by atoms with E-state index in [1.165, 1.54) is 7.11 Å². The topological polar surface area (TPSA) is 99.9 Å². The van der Waals surface area contributed by atoms with Crippen LogP contribution in [-0.4, -0.2) is 44.3 Å². The summed E-state index contributed by atoms with van der Waals surface area (Å²) in [5.74, 6) is 0.197. The minimum atomic E-state index is -0.701. The zero-order chi connectivity index (χ0) is 15.3.